The highest BCUT2D eigenvalue weighted by atomic mass is 16.5. The molecule has 1 N–H and O–H groups in total. The van der Waals surface area contributed by atoms with Crippen LogP contribution in [-0.4, -0.2) is 13.2 Å². The molecule has 2 unspecified atom stereocenters. The fourth-order valence-corrected chi connectivity index (χ4v) is 3.50. The van der Waals surface area contributed by atoms with Crippen molar-refractivity contribution in [2.75, 3.05) is 7.11 Å². The number of rotatable bonds is 4. The fraction of sp³-hybridized carbons (Fsp3) is 0.667. The lowest BCUT2D eigenvalue weighted by Crippen LogP contribution is -2.42. The lowest BCUT2D eigenvalue weighted by atomic mass is 9.70. The van der Waals surface area contributed by atoms with E-state index in [1.165, 1.54) is 24.8 Å². The monoisotopic (exact) mass is 275 g/mol. The zero-order chi connectivity index (χ0) is 14.8. The van der Waals surface area contributed by atoms with Crippen molar-refractivity contribution in [3.8, 4) is 5.75 Å². The number of nitrogens with one attached hydrogen (secondary N) is 1. The van der Waals surface area contributed by atoms with Gasteiger partial charge in [0.15, 0.2) is 0 Å². The Labute approximate surface area is 123 Å². The maximum Gasteiger partial charge on any atom is 0.118 e. The lowest BCUT2D eigenvalue weighted by Gasteiger charge is -2.40. The molecule has 112 valence electrons. The standard InChI is InChI=1S/C18H29NO/c1-13-12-18(3,4)11-10-17(13)19-14(2)15-6-8-16(20-5)9-7-15/h6-9,13-14,17,19H,10-12H2,1-5H3/t13?,14-,17?/m1/s1. The molecule has 2 heteroatoms. The molecule has 0 heterocycles. The topological polar surface area (TPSA) is 21.3 Å². The van der Waals surface area contributed by atoms with Crippen LogP contribution in [0.5, 0.6) is 5.75 Å². The van der Waals surface area contributed by atoms with Crippen LogP contribution >= 0.6 is 0 Å². The van der Waals surface area contributed by atoms with Crippen LogP contribution in [0.1, 0.15) is 58.6 Å². The molecular weight excluding hydrogens is 246 g/mol. The van der Waals surface area contributed by atoms with Gasteiger partial charge in [0.2, 0.25) is 0 Å². The second kappa shape index (κ2) is 6.17. The van der Waals surface area contributed by atoms with Crippen LogP contribution in [0.25, 0.3) is 0 Å². The smallest absolute Gasteiger partial charge is 0.118 e. The molecule has 2 rings (SSSR count). The second-order valence-corrected chi connectivity index (χ2v) is 7.15. The van der Waals surface area contributed by atoms with Gasteiger partial charge >= 0.3 is 0 Å². The summed E-state index contributed by atoms with van der Waals surface area (Å²) >= 11 is 0. The summed E-state index contributed by atoms with van der Waals surface area (Å²) in [5, 5.41) is 3.82. The van der Waals surface area contributed by atoms with Crippen molar-refractivity contribution in [2.45, 2.75) is 59.0 Å². The van der Waals surface area contributed by atoms with Crippen molar-refractivity contribution >= 4 is 0 Å². The molecule has 1 aliphatic rings. The average Bonchev–Trinajstić information content (AvgIpc) is 2.41. The molecule has 0 radical (unpaired) electrons. The summed E-state index contributed by atoms with van der Waals surface area (Å²) < 4.78 is 5.22. The quantitative estimate of drug-likeness (QED) is 0.869. The van der Waals surface area contributed by atoms with E-state index >= 15 is 0 Å². The molecule has 0 saturated heterocycles. The fourth-order valence-electron chi connectivity index (χ4n) is 3.50. The Morgan fingerprint density at radius 3 is 2.45 bits per heavy atom. The molecule has 1 saturated carbocycles. The largest absolute Gasteiger partial charge is 0.497 e. The first-order valence-electron chi connectivity index (χ1n) is 7.81. The van der Waals surface area contributed by atoms with Crippen molar-refractivity contribution in [3.63, 3.8) is 0 Å². The minimum Gasteiger partial charge on any atom is -0.497 e. The predicted molar refractivity (Wildman–Crippen MR) is 85.1 cm³/mol. The summed E-state index contributed by atoms with van der Waals surface area (Å²) in [4.78, 5) is 0. The van der Waals surface area contributed by atoms with Gasteiger partial charge in [-0.1, -0.05) is 32.9 Å². The summed E-state index contributed by atoms with van der Waals surface area (Å²) in [6.45, 7) is 9.44. The first kappa shape index (κ1) is 15.4. The van der Waals surface area contributed by atoms with E-state index in [1.807, 2.05) is 12.1 Å². The van der Waals surface area contributed by atoms with Gasteiger partial charge in [0.25, 0.3) is 0 Å². The number of methoxy groups -OCH3 is 1. The first-order valence-corrected chi connectivity index (χ1v) is 7.81. The lowest BCUT2D eigenvalue weighted by molar-refractivity contribution is 0.143. The minimum atomic E-state index is 0.398. The summed E-state index contributed by atoms with van der Waals surface area (Å²) in [6, 6.07) is 9.44. The molecule has 0 bridgehead atoms. The number of hydrogen-bond donors (Lipinski definition) is 1. The van der Waals surface area contributed by atoms with Gasteiger partial charge in [-0.2, -0.15) is 0 Å². The Kier molecular flexibility index (Phi) is 4.74. The molecule has 0 aromatic heterocycles. The predicted octanol–water partition coefficient (Wildman–Crippen LogP) is 4.56. The van der Waals surface area contributed by atoms with Crippen LogP contribution in [-0.2, 0) is 0 Å². The van der Waals surface area contributed by atoms with E-state index < -0.39 is 0 Å². The zero-order valence-electron chi connectivity index (χ0n) is 13.6. The molecule has 20 heavy (non-hydrogen) atoms. The Hall–Kier alpha value is -1.02. The minimum absolute atomic E-state index is 0.398. The highest BCUT2D eigenvalue weighted by molar-refractivity contribution is 5.28. The van der Waals surface area contributed by atoms with Crippen LogP contribution in [0.15, 0.2) is 24.3 Å². The van der Waals surface area contributed by atoms with Gasteiger partial charge in [0.05, 0.1) is 7.11 Å². The molecule has 3 atom stereocenters. The molecule has 0 amide bonds. The van der Waals surface area contributed by atoms with Gasteiger partial charge in [0.1, 0.15) is 5.75 Å². The van der Waals surface area contributed by atoms with E-state index in [1.54, 1.807) is 7.11 Å². The van der Waals surface area contributed by atoms with Gasteiger partial charge in [-0.25, -0.2) is 0 Å². The van der Waals surface area contributed by atoms with Gasteiger partial charge in [-0.15, -0.1) is 0 Å². The highest BCUT2D eigenvalue weighted by Crippen LogP contribution is 2.39. The van der Waals surface area contributed by atoms with Crippen LogP contribution in [0.3, 0.4) is 0 Å². The van der Waals surface area contributed by atoms with Crippen LogP contribution < -0.4 is 10.1 Å². The third kappa shape index (κ3) is 3.76. The third-order valence-electron chi connectivity index (χ3n) is 4.77. The first-order chi connectivity index (χ1) is 9.41. The number of hydrogen-bond acceptors (Lipinski definition) is 2. The molecule has 1 aromatic carbocycles. The molecule has 0 aliphatic heterocycles. The Balaban J connectivity index is 1.95. The Morgan fingerprint density at radius 1 is 1.25 bits per heavy atom. The molecule has 1 fully saturated rings. The summed E-state index contributed by atoms with van der Waals surface area (Å²) in [6.07, 6.45) is 3.93. The number of ether oxygens (including phenoxy) is 1. The Bertz CT molecular complexity index is 424. The molecule has 1 aliphatic carbocycles. The van der Waals surface area contributed by atoms with E-state index in [-0.39, 0.29) is 0 Å². The van der Waals surface area contributed by atoms with Crippen molar-refractivity contribution in [3.05, 3.63) is 29.8 Å². The van der Waals surface area contributed by atoms with Crippen molar-refractivity contribution in [1.82, 2.24) is 5.32 Å². The average molecular weight is 275 g/mol. The SMILES string of the molecule is COc1ccc([C@@H](C)NC2CCC(C)(C)CC2C)cc1. The normalized spacial score (nSPS) is 27.1. The van der Waals surface area contributed by atoms with Crippen molar-refractivity contribution in [2.24, 2.45) is 11.3 Å². The van der Waals surface area contributed by atoms with Crippen LogP contribution in [0.2, 0.25) is 0 Å². The van der Waals surface area contributed by atoms with E-state index in [0.717, 1.165) is 11.7 Å². The second-order valence-electron chi connectivity index (χ2n) is 7.15. The van der Waals surface area contributed by atoms with E-state index in [2.05, 4.69) is 45.1 Å². The molecule has 0 spiro atoms. The highest BCUT2D eigenvalue weighted by Gasteiger charge is 2.32. The number of benzene rings is 1. The van der Waals surface area contributed by atoms with Crippen molar-refractivity contribution < 1.29 is 4.74 Å². The van der Waals surface area contributed by atoms with Gasteiger partial charge < -0.3 is 10.1 Å². The van der Waals surface area contributed by atoms with Crippen LogP contribution in [0.4, 0.5) is 0 Å². The molecule has 1 aromatic rings. The molecular formula is C18H29NO. The van der Waals surface area contributed by atoms with Gasteiger partial charge in [-0.05, 0) is 55.2 Å². The van der Waals surface area contributed by atoms with E-state index in [4.69, 9.17) is 4.74 Å². The van der Waals surface area contributed by atoms with Crippen molar-refractivity contribution in [1.29, 1.82) is 0 Å². The Morgan fingerprint density at radius 2 is 1.90 bits per heavy atom. The summed E-state index contributed by atoms with van der Waals surface area (Å²) in [7, 11) is 1.71. The van der Waals surface area contributed by atoms with Crippen LogP contribution in [0, 0.1) is 11.3 Å². The van der Waals surface area contributed by atoms with Gasteiger partial charge in [0, 0.05) is 12.1 Å². The third-order valence-corrected chi connectivity index (χ3v) is 4.77. The summed E-state index contributed by atoms with van der Waals surface area (Å²) in [5.41, 5.74) is 1.85. The molecule has 2 nitrogen and oxygen atoms in total. The summed E-state index contributed by atoms with van der Waals surface area (Å²) in [5.74, 6) is 1.67. The zero-order valence-corrected chi connectivity index (χ0v) is 13.6. The maximum absolute atomic E-state index is 5.22. The van der Waals surface area contributed by atoms with E-state index in [0.29, 0.717) is 17.5 Å². The maximum atomic E-state index is 5.22. The van der Waals surface area contributed by atoms with Gasteiger partial charge in [-0.3, -0.25) is 0 Å². The van der Waals surface area contributed by atoms with E-state index in [9.17, 15) is 0 Å².